The molecule has 0 aliphatic carbocycles. The molecule has 2 saturated heterocycles. The van der Waals surface area contributed by atoms with Crippen LogP contribution in [0.15, 0.2) is 42.2 Å². The van der Waals surface area contributed by atoms with E-state index in [0.717, 1.165) is 42.8 Å². The number of aromatic nitrogens is 1. The number of ether oxygens (including phenoxy) is 3. The maximum Gasteiger partial charge on any atom is 0.407 e. The normalized spacial score (nSPS) is 21.0. The van der Waals surface area contributed by atoms with Gasteiger partial charge in [-0.2, -0.15) is 0 Å². The average molecular weight is 444 g/mol. The largest absolute Gasteiger partial charge is 0.489 e. The highest BCUT2D eigenvalue weighted by Crippen LogP contribution is 2.34. The number of hydrogen-bond donors (Lipinski definition) is 1. The second kappa shape index (κ2) is 9.32. The molecular weight excluding hydrogens is 413 g/mol. The van der Waals surface area contributed by atoms with Crippen LogP contribution >= 0.6 is 0 Å². The van der Waals surface area contributed by atoms with Gasteiger partial charge in [-0.15, -0.1) is 0 Å². The Labute approximate surface area is 187 Å². The van der Waals surface area contributed by atoms with Crippen molar-refractivity contribution in [2.75, 3.05) is 31.3 Å². The van der Waals surface area contributed by atoms with Crippen LogP contribution in [0.4, 0.5) is 15.0 Å². The third-order valence-electron chi connectivity index (χ3n) is 5.59. The summed E-state index contributed by atoms with van der Waals surface area (Å²) in [6.07, 6.45) is 2.13. The lowest BCUT2D eigenvalue weighted by molar-refractivity contribution is 0.0531. The summed E-state index contributed by atoms with van der Waals surface area (Å²) in [4.78, 5) is 19.0. The van der Waals surface area contributed by atoms with Crippen molar-refractivity contribution in [3.8, 4) is 5.75 Å². The zero-order valence-electron chi connectivity index (χ0n) is 18.8. The van der Waals surface area contributed by atoms with Crippen molar-refractivity contribution >= 4 is 22.8 Å². The molecule has 2 atom stereocenters. The van der Waals surface area contributed by atoms with Gasteiger partial charge < -0.3 is 24.4 Å². The van der Waals surface area contributed by atoms with Gasteiger partial charge in [0.05, 0.1) is 37.1 Å². The number of carbonyl (C=O) groups is 1. The predicted molar refractivity (Wildman–Crippen MR) is 121 cm³/mol. The SMILES string of the molecule is CC(C)(C)OC(=O)NC/C(=C\F)COc1ccc2nc(N3C4CCC3COC4)ccc2c1. The Kier molecular flexibility index (Phi) is 6.50. The minimum absolute atomic E-state index is 0.00575. The lowest BCUT2D eigenvalue weighted by Crippen LogP contribution is -2.46. The zero-order valence-corrected chi connectivity index (χ0v) is 18.8. The van der Waals surface area contributed by atoms with Gasteiger partial charge >= 0.3 is 6.09 Å². The van der Waals surface area contributed by atoms with Crippen molar-refractivity contribution in [3.63, 3.8) is 0 Å². The molecule has 1 aromatic carbocycles. The summed E-state index contributed by atoms with van der Waals surface area (Å²) < 4.78 is 29.8. The molecule has 0 radical (unpaired) electrons. The fraction of sp³-hybridized carbons (Fsp3) is 0.500. The van der Waals surface area contributed by atoms with Crippen LogP contribution in [0.25, 0.3) is 10.9 Å². The number of pyridine rings is 1. The maximum atomic E-state index is 13.2. The number of anilines is 1. The van der Waals surface area contributed by atoms with Crippen LogP contribution in [-0.4, -0.2) is 55.1 Å². The average Bonchev–Trinajstić information content (AvgIpc) is 3.00. The molecule has 0 saturated carbocycles. The van der Waals surface area contributed by atoms with E-state index in [9.17, 15) is 9.18 Å². The maximum absolute atomic E-state index is 13.2. The summed E-state index contributed by atoms with van der Waals surface area (Å²) in [5.74, 6) is 1.59. The van der Waals surface area contributed by atoms with Crippen LogP contribution in [0.2, 0.25) is 0 Å². The number of amides is 1. The first-order valence-corrected chi connectivity index (χ1v) is 11.0. The first-order chi connectivity index (χ1) is 15.3. The van der Waals surface area contributed by atoms with E-state index in [2.05, 4.69) is 10.2 Å². The number of nitrogens with one attached hydrogen (secondary N) is 1. The Morgan fingerprint density at radius 2 is 2.00 bits per heavy atom. The number of fused-ring (bicyclic) bond motifs is 3. The Balaban J connectivity index is 1.36. The summed E-state index contributed by atoms with van der Waals surface area (Å²) in [6, 6.07) is 10.5. The number of alkyl carbamates (subject to hydrolysis) is 1. The van der Waals surface area contributed by atoms with E-state index in [0.29, 0.717) is 29.7 Å². The van der Waals surface area contributed by atoms with Gasteiger partial charge in [0.15, 0.2) is 0 Å². The van der Waals surface area contributed by atoms with Gasteiger partial charge in [0.1, 0.15) is 23.8 Å². The van der Waals surface area contributed by atoms with Crippen LogP contribution < -0.4 is 15.0 Å². The summed E-state index contributed by atoms with van der Waals surface area (Å²) in [5.41, 5.74) is 0.571. The Hall–Kier alpha value is -2.87. The van der Waals surface area contributed by atoms with E-state index in [1.165, 1.54) is 0 Å². The standard InChI is InChI=1S/C24H30FN3O4/c1-24(2,3)32-23(29)26-12-16(11-25)13-31-20-7-8-21-17(10-20)4-9-22(27-21)28-18-5-6-19(28)15-30-14-18/h4,7-11,18-19H,5-6,12-15H2,1-3H3,(H,26,29)/b16-11+. The smallest absolute Gasteiger partial charge is 0.407 e. The van der Waals surface area contributed by atoms with Crippen LogP contribution in [0.3, 0.4) is 0 Å². The molecule has 2 aliphatic heterocycles. The van der Waals surface area contributed by atoms with Crippen molar-refractivity contribution in [2.24, 2.45) is 0 Å². The molecule has 0 spiro atoms. The van der Waals surface area contributed by atoms with Crippen LogP contribution in [0, 0.1) is 0 Å². The number of carbonyl (C=O) groups excluding carboxylic acids is 1. The molecule has 172 valence electrons. The quantitative estimate of drug-likeness (QED) is 0.715. The van der Waals surface area contributed by atoms with Gasteiger partial charge in [-0.05, 0) is 63.9 Å². The monoisotopic (exact) mass is 443 g/mol. The lowest BCUT2D eigenvalue weighted by atomic mass is 10.2. The van der Waals surface area contributed by atoms with Crippen molar-refractivity contribution in [1.29, 1.82) is 0 Å². The third-order valence-corrected chi connectivity index (χ3v) is 5.59. The highest BCUT2D eigenvalue weighted by atomic mass is 19.1. The van der Waals surface area contributed by atoms with Crippen LogP contribution in [-0.2, 0) is 9.47 Å². The number of nitrogens with zero attached hydrogens (tertiary/aromatic N) is 2. The van der Waals surface area contributed by atoms with E-state index in [1.54, 1.807) is 20.8 Å². The van der Waals surface area contributed by atoms with Gasteiger partial charge in [0.2, 0.25) is 0 Å². The molecule has 3 heterocycles. The first kappa shape index (κ1) is 22.3. The molecule has 1 N–H and O–H groups in total. The van der Waals surface area contributed by atoms with Gasteiger partial charge in [0.25, 0.3) is 0 Å². The number of benzene rings is 1. The van der Waals surface area contributed by atoms with E-state index < -0.39 is 11.7 Å². The van der Waals surface area contributed by atoms with Gasteiger partial charge in [-0.1, -0.05) is 0 Å². The number of morpholine rings is 1. The van der Waals surface area contributed by atoms with E-state index in [4.69, 9.17) is 19.2 Å². The van der Waals surface area contributed by atoms with Crippen molar-refractivity contribution in [3.05, 3.63) is 42.2 Å². The van der Waals surface area contributed by atoms with E-state index in [1.807, 2.05) is 30.3 Å². The molecule has 2 bridgehead atoms. The highest BCUT2D eigenvalue weighted by Gasteiger charge is 2.38. The van der Waals surface area contributed by atoms with E-state index >= 15 is 0 Å². The van der Waals surface area contributed by atoms with Crippen LogP contribution in [0.5, 0.6) is 5.75 Å². The van der Waals surface area contributed by atoms with Gasteiger partial charge in [0, 0.05) is 17.5 Å². The molecule has 1 amide bonds. The van der Waals surface area contributed by atoms with Crippen LogP contribution in [0.1, 0.15) is 33.6 Å². The minimum atomic E-state index is -0.611. The summed E-state index contributed by atoms with van der Waals surface area (Å²) in [7, 11) is 0. The molecule has 1 aromatic heterocycles. The topological polar surface area (TPSA) is 72.9 Å². The number of rotatable bonds is 6. The fourth-order valence-electron chi connectivity index (χ4n) is 4.13. The second-order valence-corrected chi connectivity index (χ2v) is 9.27. The van der Waals surface area contributed by atoms with Crippen molar-refractivity contribution in [1.82, 2.24) is 10.3 Å². The molecule has 2 fully saturated rings. The van der Waals surface area contributed by atoms with Crippen molar-refractivity contribution < 1.29 is 23.4 Å². The predicted octanol–water partition coefficient (Wildman–Crippen LogP) is 4.36. The van der Waals surface area contributed by atoms with E-state index in [-0.39, 0.29) is 13.2 Å². The third kappa shape index (κ3) is 5.30. The molecule has 2 aliphatic rings. The second-order valence-electron chi connectivity index (χ2n) is 9.27. The highest BCUT2D eigenvalue weighted by molar-refractivity contribution is 5.82. The molecule has 8 heteroatoms. The fourth-order valence-corrected chi connectivity index (χ4v) is 4.13. The minimum Gasteiger partial charge on any atom is -0.489 e. The molecular formula is C24H30FN3O4. The zero-order chi connectivity index (χ0) is 22.7. The Morgan fingerprint density at radius 1 is 1.25 bits per heavy atom. The number of halogens is 1. The molecule has 2 unspecified atom stereocenters. The molecule has 7 nitrogen and oxygen atoms in total. The summed E-state index contributed by atoms with van der Waals surface area (Å²) in [5, 5.41) is 3.48. The molecule has 32 heavy (non-hydrogen) atoms. The van der Waals surface area contributed by atoms with Gasteiger partial charge in [-0.3, -0.25) is 0 Å². The Bertz CT molecular complexity index is 988. The molecule has 4 rings (SSSR count). The van der Waals surface area contributed by atoms with Gasteiger partial charge in [-0.25, -0.2) is 14.2 Å². The Morgan fingerprint density at radius 3 is 2.69 bits per heavy atom. The lowest BCUT2D eigenvalue weighted by Gasteiger charge is -2.35. The summed E-state index contributed by atoms with van der Waals surface area (Å²) in [6.45, 7) is 6.84. The van der Waals surface area contributed by atoms with Crippen molar-refractivity contribution in [2.45, 2.75) is 51.3 Å². The summed E-state index contributed by atoms with van der Waals surface area (Å²) >= 11 is 0. The molecule has 2 aromatic rings. The number of hydrogen-bond acceptors (Lipinski definition) is 6. The first-order valence-electron chi connectivity index (χ1n) is 11.0.